The summed E-state index contributed by atoms with van der Waals surface area (Å²) < 4.78 is 49.3. The van der Waals surface area contributed by atoms with Gasteiger partial charge in [-0.2, -0.15) is 0 Å². The molecule has 0 saturated carbocycles. The lowest BCUT2D eigenvalue weighted by molar-refractivity contribution is 0.0516. The Hall–Kier alpha value is -4.83. The van der Waals surface area contributed by atoms with Crippen LogP contribution in [-0.2, 0) is 9.47 Å². The fraction of sp³-hybridized carbons (Fsp3) is 0.366. The summed E-state index contributed by atoms with van der Waals surface area (Å²) in [5.41, 5.74) is 5.17. The fourth-order valence-corrected chi connectivity index (χ4v) is 4.82. The SMILES string of the molecule is CCOC(=O)c1ccc(-c2cc(F)cc(OCC(C)C)c2)nc1C(C)=C(C)C.CCOC(=O)c1ccc(-c2cc(F)cc(OCC(C)C)c2)nc1Cl. The summed E-state index contributed by atoms with van der Waals surface area (Å²) in [7, 11) is 0. The first-order valence-corrected chi connectivity index (χ1v) is 17.5. The van der Waals surface area contributed by atoms with Gasteiger partial charge in [-0.1, -0.05) is 44.9 Å². The summed E-state index contributed by atoms with van der Waals surface area (Å²) in [6, 6.07) is 15.4. The third-order valence-corrected chi connectivity index (χ3v) is 7.63. The van der Waals surface area contributed by atoms with Gasteiger partial charge in [0.05, 0.1) is 54.6 Å². The van der Waals surface area contributed by atoms with Crippen LogP contribution in [0.3, 0.4) is 0 Å². The number of halogens is 3. The zero-order valence-electron chi connectivity index (χ0n) is 31.2. The molecule has 0 amide bonds. The van der Waals surface area contributed by atoms with Crippen LogP contribution in [0.1, 0.15) is 88.7 Å². The van der Waals surface area contributed by atoms with E-state index in [-0.39, 0.29) is 23.9 Å². The number of nitrogens with zero attached hydrogens (tertiary/aromatic N) is 2. The second kappa shape index (κ2) is 19.7. The van der Waals surface area contributed by atoms with E-state index in [0.29, 0.717) is 70.3 Å². The van der Waals surface area contributed by atoms with Gasteiger partial charge in [0.25, 0.3) is 0 Å². The average Bonchev–Trinajstić information content (AvgIpc) is 3.09. The van der Waals surface area contributed by atoms with Gasteiger partial charge in [0.1, 0.15) is 28.3 Å². The molecule has 8 nitrogen and oxygen atoms in total. The van der Waals surface area contributed by atoms with Gasteiger partial charge < -0.3 is 18.9 Å². The normalized spacial score (nSPS) is 10.7. The first kappa shape index (κ1) is 41.6. The molecule has 2 aromatic carbocycles. The van der Waals surface area contributed by atoms with E-state index in [0.717, 1.165) is 11.1 Å². The minimum Gasteiger partial charge on any atom is -0.493 e. The van der Waals surface area contributed by atoms with Crippen LogP contribution in [0.25, 0.3) is 28.1 Å². The highest BCUT2D eigenvalue weighted by Crippen LogP contribution is 2.30. The number of rotatable bonds is 13. The Bertz CT molecular complexity index is 1890. The van der Waals surface area contributed by atoms with E-state index in [1.54, 1.807) is 44.2 Å². The average molecular weight is 737 g/mol. The molecule has 0 atom stereocenters. The van der Waals surface area contributed by atoms with E-state index >= 15 is 0 Å². The molecule has 0 aliphatic carbocycles. The van der Waals surface area contributed by atoms with E-state index in [1.807, 2.05) is 48.5 Å². The molecule has 52 heavy (non-hydrogen) atoms. The van der Waals surface area contributed by atoms with Gasteiger partial charge in [0.2, 0.25) is 0 Å². The Labute approximate surface area is 310 Å². The van der Waals surface area contributed by atoms with Crippen LogP contribution >= 0.6 is 11.6 Å². The highest BCUT2D eigenvalue weighted by atomic mass is 35.5. The lowest BCUT2D eigenvalue weighted by Crippen LogP contribution is -2.10. The molecule has 0 aliphatic heterocycles. The quantitative estimate of drug-likeness (QED) is 0.0988. The van der Waals surface area contributed by atoms with Crippen molar-refractivity contribution in [3.63, 3.8) is 0 Å². The predicted molar refractivity (Wildman–Crippen MR) is 201 cm³/mol. The maximum absolute atomic E-state index is 14.1. The number of benzene rings is 2. The van der Waals surface area contributed by atoms with Crippen LogP contribution < -0.4 is 9.47 Å². The van der Waals surface area contributed by atoms with Crippen molar-refractivity contribution in [3.05, 3.63) is 99.8 Å². The zero-order valence-corrected chi connectivity index (χ0v) is 32.0. The summed E-state index contributed by atoms with van der Waals surface area (Å²) in [6.45, 7) is 18.9. The van der Waals surface area contributed by atoms with Crippen LogP contribution in [0, 0.1) is 23.5 Å². The maximum atomic E-state index is 14.1. The second-order valence-electron chi connectivity index (χ2n) is 13.0. The van der Waals surface area contributed by atoms with Crippen molar-refractivity contribution in [2.24, 2.45) is 11.8 Å². The van der Waals surface area contributed by atoms with Crippen LogP contribution in [0.2, 0.25) is 5.15 Å². The van der Waals surface area contributed by atoms with Gasteiger partial charge in [0.15, 0.2) is 0 Å². The number of pyridine rings is 2. The first-order valence-electron chi connectivity index (χ1n) is 17.2. The molecule has 0 N–H and O–H groups in total. The number of allylic oxidation sites excluding steroid dienone is 2. The third-order valence-electron chi connectivity index (χ3n) is 7.34. The Kier molecular flexibility index (Phi) is 15.7. The standard InChI is InChI=1S/C23H28FNO3.C18H19ClFNO3/c1-7-27-23(26)20-8-9-21(25-22(20)16(6)15(4)5)17-10-18(24)12-19(11-17)28-13-14(2)3;1-4-23-18(22)15-5-6-16(21-17(15)19)12-7-13(20)9-14(8-12)24-10-11(2)3/h8-12,14H,7,13H2,1-6H3;5-9,11H,4,10H2,1-3H3. The number of aromatic nitrogens is 2. The molecule has 4 rings (SSSR count). The molecule has 278 valence electrons. The summed E-state index contributed by atoms with van der Waals surface area (Å²) in [6.07, 6.45) is 0. The number of hydrogen-bond donors (Lipinski definition) is 0. The molecular formula is C41H47ClF2N2O6. The number of ether oxygens (including phenoxy) is 4. The lowest BCUT2D eigenvalue weighted by atomic mass is 10.0. The van der Waals surface area contributed by atoms with Gasteiger partial charge in [-0.05, 0) is 101 Å². The van der Waals surface area contributed by atoms with Gasteiger partial charge in [-0.15, -0.1) is 0 Å². The molecule has 4 aromatic rings. The van der Waals surface area contributed by atoms with E-state index in [4.69, 9.17) is 30.5 Å². The van der Waals surface area contributed by atoms with Crippen LogP contribution in [0.15, 0.2) is 66.2 Å². The summed E-state index contributed by atoms with van der Waals surface area (Å²) >= 11 is 6.06. The number of hydrogen-bond acceptors (Lipinski definition) is 8. The Balaban J connectivity index is 0.000000284. The molecule has 0 unspecified atom stereocenters. The van der Waals surface area contributed by atoms with Crippen LogP contribution in [0.5, 0.6) is 11.5 Å². The van der Waals surface area contributed by atoms with Gasteiger partial charge in [-0.25, -0.2) is 28.3 Å². The van der Waals surface area contributed by atoms with Crippen molar-refractivity contribution < 1.29 is 37.3 Å². The Morgan fingerprint density at radius 3 is 1.54 bits per heavy atom. The highest BCUT2D eigenvalue weighted by molar-refractivity contribution is 6.32. The smallest absolute Gasteiger partial charge is 0.341 e. The molecule has 0 aliphatic rings. The van der Waals surface area contributed by atoms with E-state index < -0.39 is 23.6 Å². The van der Waals surface area contributed by atoms with E-state index in [1.165, 1.54) is 30.3 Å². The monoisotopic (exact) mass is 736 g/mol. The molecule has 2 heterocycles. The molecule has 0 bridgehead atoms. The van der Waals surface area contributed by atoms with Gasteiger partial charge in [0, 0.05) is 23.3 Å². The Morgan fingerprint density at radius 1 is 0.673 bits per heavy atom. The molecule has 0 spiro atoms. The summed E-state index contributed by atoms with van der Waals surface area (Å²) in [5, 5.41) is 0.0138. The summed E-state index contributed by atoms with van der Waals surface area (Å²) in [5.74, 6) is -0.244. The van der Waals surface area contributed by atoms with Crippen LogP contribution in [0.4, 0.5) is 8.78 Å². The van der Waals surface area contributed by atoms with Crippen molar-refractivity contribution in [3.8, 4) is 34.0 Å². The largest absolute Gasteiger partial charge is 0.493 e. The van der Waals surface area contributed by atoms with Crippen molar-refractivity contribution in [2.45, 2.75) is 62.3 Å². The molecule has 0 saturated heterocycles. The highest BCUT2D eigenvalue weighted by Gasteiger charge is 2.18. The van der Waals surface area contributed by atoms with Gasteiger partial charge in [-0.3, -0.25) is 0 Å². The van der Waals surface area contributed by atoms with Crippen molar-refractivity contribution in [1.82, 2.24) is 9.97 Å². The fourth-order valence-electron chi connectivity index (χ4n) is 4.59. The van der Waals surface area contributed by atoms with Crippen molar-refractivity contribution in [2.75, 3.05) is 26.4 Å². The van der Waals surface area contributed by atoms with Gasteiger partial charge >= 0.3 is 11.9 Å². The zero-order chi connectivity index (χ0) is 38.5. The third kappa shape index (κ3) is 12.1. The first-order chi connectivity index (χ1) is 24.6. The van der Waals surface area contributed by atoms with Crippen molar-refractivity contribution >= 4 is 29.1 Å². The molecular weight excluding hydrogens is 690 g/mol. The molecule has 0 fully saturated rings. The van der Waals surface area contributed by atoms with Crippen LogP contribution in [-0.4, -0.2) is 48.3 Å². The minimum absolute atomic E-state index is 0.0138. The number of esters is 2. The molecule has 11 heteroatoms. The second-order valence-corrected chi connectivity index (χ2v) is 13.3. The van der Waals surface area contributed by atoms with E-state index in [9.17, 15) is 18.4 Å². The van der Waals surface area contributed by atoms with Crippen molar-refractivity contribution in [1.29, 1.82) is 0 Å². The molecule has 0 radical (unpaired) electrons. The lowest BCUT2D eigenvalue weighted by Gasteiger charge is -2.14. The van der Waals surface area contributed by atoms with E-state index in [2.05, 4.69) is 9.97 Å². The Morgan fingerprint density at radius 2 is 1.12 bits per heavy atom. The predicted octanol–water partition coefficient (Wildman–Crippen LogP) is 10.7. The topological polar surface area (TPSA) is 96.8 Å². The molecule has 2 aromatic heterocycles. The minimum atomic E-state index is -0.540. The summed E-state index contributed by atoms with van der Waals surface area (Å²) in [4.78, 5) is 32.9. The maximum Gasteiger partial charge on any atom is 0.341 e. The number of carbonyl (C=O) groups is 2. The number of carbonyl (C=O) groups excluding carboxylic acids is 2.